The number of quaternary nitrogens is 1. The Kier molecular flexibility index (Phi) is 17.9. The molecule has 89 heavy (non-hydrogen) atoms. The minimum absolute atomic E-state index is 0.156. The van der Waals surface area contributed by atoms with Crippen molar-refractivity contribution >= 4 is 13.3 Å². The molecular weight excluding hydrogens is 1140 g/mol. The molecule has 16 fully saturated rings. The van der Waals surface area contributed by atoms with Crippen LogP contribution in [0.2, 0.25) is 19.6 Å². The first-order valence-corrected chi connectivity index (χ1v) is 38.9. The van der Waals surface area contributed by atoms with Crippen LogP contribution in [0.4, 0.5) is 26.3 Å². The van der Waals surface area contributed by atoms with Gasteiger partial charge in [0, 0.05) is 61.1 Å². The van der Waals surface area contributed by atoms with Crippen LogP contribution in [0, 0.1) is 71.0 Å². The normalized spacial score (nSPS) is 36.4. The van der Waals surface area contributed by atoms with Crippen molar-refractivity contribution in [2.75, 3.05) is 0 Å². The third-order valence-corrected chi connectivity index (χ3v) is 27.1. The summed E-state index contributed by atoms with van der Waals surface area (Å²) in [5.74, 6) is 11.4. The lowest BCUT2D eigenvalue weighted by atomic mass is 9.53. The molecule has 0 spiro atoms. The summed E-state index contributed by atoms with van der Waals surface area (Å²) in [6.07, 6.45) is 25.3. The van der Waals surface area contributed by atoms with Gasteiger partial charge in [0.1, 0.15) is 12.3 Å². The zero-order valence-electron chi connectivity index (χ0n) is 54.7. The quantitative estimate of drug-likeness (QED) is 0.0751. The highest BCUT2D eigenvalue weighted by molar-refractivity contribution is 6.88. The van der Waals surface area contributed by atoms with E-state index in [1.807, 2.05) is 0 Å². The van der Waals surface area contributed by atoms with Crippen LogP contribution in [0.15, 0.2) is 97.1 Å². The molecule has 0 saturated heterocycles. The molecule has 0 aliphatic heterocycles. The van der Waals surface area contributed by atoms with Crippen molar-refractivity contribution in [2.24, 2.45) is 71.0 Å². The van der Waals surface area contributed by atoms with Gasteiger partial charge in [-0.2, -0.15) is 13.2 Å². The fourth-order valence-electron chi connectivity index (χ4n) is 22.5. The van der Waals surface area contributed by atoms with Crippen LogP contribution in [-0.4, -0.2) is 36.6 Å². The first-order valence-electron chi connectivity index (χ1n) is 35.4. The van der Waals surface area contributed by atoms with Gasteiger partial charge in [-0.1, -0.05) is 118 Å². The maximum absolute atomic E-state index is 12.6. The maximum atomic E-state index is 12.6. The van der Waals surface area contributed by atoms with Crippen molar-refractivity contribution in [3.8, 4) is 5.75 Å². The summed E-state index contributed by atoms with van der Waals surface area (Å²) in [6.45, 7) is 17.8. The summed E-state index contributed by atoms with van der Waals surface area (Å²) in [5, 5.41) is 15.8. The van der Waals surface area contributed by atoms with Gasteiger partial charge < -0.3 is 26.0 Å². The Morgan fingerprint density at radius 3 is 0.966 bits per heavy atom. The van der Waals surface area contributed by atoms with Gasteiger partial charge in [-0.15, -0.1) is 13.2 Å². The highest BCUT2D eigenvalue weighted by Gasteiger charge is 2.55. The number of alkyl halides is 6. The van der Waals surface area contributed by atoms with Crippen molar-refractivity contribution in [3.63, 3.8) is 0 Å². The minimum atomic E-state index is -4.63. The second-order valence-corrected chi connectivity index (χ2v) is 39.7. The number of nitrogens with two attached hydrogens (primary N) is 1. The van der Waals surface area contributed by atoms with Crippen LogP contribution in [0.3, 0.4) is 0 Å². The van der Waals surface area contributed by atoms with Crippen LogP contribution in [0.5, 0.6) is 5.75 Å². The Bertz CT molecular complexity index is 2630. The molecule has 20 rings (SSSR count). The Labute approximate surface area is 531 Å². The molecule has 0 aromatic heterocycles. The van der Waals surface area contributed by atoms with E-state index in [2.05, 4.69) is 115 Å². The summed E-state index contributed by atoms with van der Waals surface area (Å²) < 4.78 is 78.2. The van der Waals surface area contributed by atoms with Crippen molar-refractivity contribution < 1.29 is 36.4 Å². The molecule has 0 heterocycles. The first-order chi connectivity index (χ1) is 42.1. The van der Waals surface area contributed by atoms with Crippen molar-refractivity contribution in [1.29, 1.82) is 0 Å². The molecule has 0 atom stereocenters. The van der Waals surface area contributed by atoms with E-state index >= 15 is 0 Å². The van der Waals surface area contributed by atoms with Gasteiger partial charge in [0.05, 0.1) is 19.2 Å². The van der Waals surface area contributed by atoms with Crippen molar-refractivity contribution in [1.82, 2.24) is 16.0 Å². The second-order valence-electron chi connectivity index (χ2n) is 34.6. The Hall–Kier alpha value is -3.68. The van der Waals surface area contributed by atoms with Gasteiger partial charge in [0.25, 0.3) is 0 Å². The number of hydrogen-bond donors (Lipinski definition) is 4. The first kappa shape index (κ1) is 64.0. The third-order valence-electron chi connectivity index (χ3n) is 25.1. The Balaban J connectivity index is 0.000000109. The zero-order chi connectivity index (χ0) is 62.2. The molecule has 486 valence electrons. The van der Waals surface area contributed by atoms with Crippen molar-refractivity contribution in [2.45, 2.75) is 261 Å². The fourth-order valence-corrected chi connectivity index (χ4v) is 23.7. The molecule has 5 nitrogen and oxygen atoms in total. The lowest BCUT2D eigenvalue weighted by Gasteiger charge is -2.57. The SMILES string of the molecule is CC(C)(C)c1ccc(C[NH2+]C23CC4CC(CC(C4)C2)C3)cc1.C[Si](C)(C)c1ccc(CNC23CC4CC(CC(C4)C2)C3)cc1.FC(F)(F)Oc1ccc(CNC23CC4CC(CC(C4)C2)C3)cc1.FC(F)(F)c1ccc(CNC23CC4CC(CC(C4)C2)C3)cc1. The summed E-state index contributed by atoms with van der Waals surface area (Å²) in [7, 11) is -1.16. The molecule has 16 bridgehead atoms. The molecule has 12 heteroatoms. The standard InChI is InChI=1S/C21H31N.C20H31NSi.C18H22F3NO.C18H22F3N/c1-20(2,3)19-6-4-15(5-7-19)14-22-21-11-16-8-17(12-21)10-18(9-16)13-21;1-22(2,3)19-6-4-15(5-7-19)14-21-20-11-16-8-17(12-20)10-18(9-16)13-20;19-18(20,21)23-16-3-1-12(2-4-16)11-22-17-8-13-5-14(9-17)7-15(6-13)10-17;19-18(20,21)16-3-1-12(2-4-16)11-22-17-8-13-5-14(9-17)7-15(6-13)10-17/h4-7,16-18,22H,8-14H2,1-3H3;4-7,16-18,21H,8-14H2,1-3H3;1-4,13-15,22H,5-11H2;1-4,13-15,22H,5-11H2/p+1. The summed E-state index contributed by atoms with van der Waals surface area (Å²) in [4.78, 5) is 0. The molecule has 4 aromatic rings. The molecule has 0 amide bonds. The Morgan fingerprint density at radius 2 is 0.674 bits per heavy atom. The monoisotopic (exact) mass is 1250 g/mol. The van der Waals surface area contributed by atoms with Gasteiger partial charge in [0.15, 0.2) is 0 Å². The molecule has 16 aliphatic carbocycles. The molecule has 0 radical (unpaired) electrons. The Morgan fingerprint density at radius 1 is 0.393 bits per heavy atom. The van der Waals surface area contributed by atoms with E-state index < -0.39 is 26.2 Å². The molecule has 16 saturated carbocycles. The number of halogens is 6. The largest absolute Gasteiger partial charge is 0.573 e. The predicted molar refractivity (Wildman–Crippen MR) is 349 cm³/mol. The average molecular weight is 1250 g/mol. The topological polar surface area (TPSA) is 61.9 Å². The molecule has 0 unspecified atom stereocenters. The van der Waals surface area contributed by atoms with E-state index in [-0.39, 0.29) is 22.2 Å². The summed E-state index contributed by atoms with van der Waals surface area (Å²) in [5.41, 5.74) is 7.72. The zero-order valence-corrected chi connectivity index (χ0v) is 55.7. The van der Waals surface area contributed by atoms with Gasteiger partial charge in [0.2, 0.25) is 0 Å². The number of nitrogens with one attached hydrogen (secondary N) is 3. The predicted octanol–water partition coefficient (Wildman–Crippen LogP) is 17.7. The molecule has 5 N–H and O–H groups in total. The number of benzene rings is 4. The lowest BCUT2D eigenvalue weighted by molar-refractivity contribution is -0.752. The van der Waals surface area contributed by atoms with Crippen LogP contribution in [-0.2, 0) is 37.8 Å². The second kappa shape index (κ2) is 24.9. The van der Waals surface area contributed by atoms with Crippen LogP contribution in [0.1, 0.15) is 208 Å². The van der Waals surface area contributed by atoms with Gasteiger partial charge in [-0.3, -0.25) is 0 Å². The van der Waals surface area contributed by atoms with Crippen LogP contribution in [0.25, 0.3) is 0 Å². The lowest BCUT2D eigenvalue weighted by Crippen LogP contribution is -2.97. The third kappa shape index (κ3) is 15.6. The van der Waals surface area contributed by atoms with E-state index in [1.165, 1.54) is 182 Å². The summed E-state index contributed by atoms with van der Waals surface area (Å²) in [6, 6.07) is 30.7. The highest BCUT2D eigenvalue weighted by Crippen LogP contribution is 2.59. The van der Waals surface area contributed by atoms with Crippen LogP contribution >= 0.6 is 0 Å². The average Bonchev–Trinajstić information content (AvgIpc) is 1.11. The van der Waals surface area contributed by atoms with Gasteiger partial charge >= 0.3 is 12.5 Å². The van der Waals surface area contributed by atoms with Gasteiger partial charge in [-0.05, 0) is 258 Å². The fraction of sp³-hybridized carbons (Fsp3) is 0.688. The smallest absolute Gasteiger partial charge is 0.406 e. The van der Waals surface area contributed by atoms with E-state index in [0.717, 1.165) is 95.2 Å². The minimum Gasteiger partial charge on any atom is -0.406 e. The number of ether oxygens (including phenoxy) is 1. The van der Waals surface area contributed by atoms with Gasteiger partial charge in [-0.25, -0.2) is 0 Å². The van der Waals surface area contributed by atoms with E-state index in [4.69, 9.17) is 0 Å². The molecule has 4 aromatic carbocycles. The van der Waals surface area contributed by atoms with Crippen molar-refractivity contribution in [3.05, 3.63) is 130 Å². The van der Waals surface area contributed by atoms with E-state index in [0.29, 0.717) is 17.6 Å². The highest BCUT2D eigenvalue weighted by atomic mass is 28.3. The molecular formula is C77H107F6N4OSi+. The van der Waals surface area contributed by atoms with Crippen LogP contribution < -0.4 is 31.2 Å². The number of hydrogen-bond acceptors (Lipinski definition) is 4. The number of rotatable bonds is 14. The molecule has 16 aliphatic rings. The summed E-state index contributed by atoms with van der Waals surface area (Å²) >= 11 is 0. The van der Waals surface area contributed by atoms with E-state index in [9.17, 15) is 26.3 Å². The maximum Gasteiger partial charge on any atom is 0.573 e. The van der Waals surface area contributed by atoms with E-state index in [1.54, 1.807) is 48.7 Å².